The van der Waals surface area contributed by atoms with Crippen LogP contribution in [0.3, 0.4) is 0 Å². The van der Waals surface area contributed by atoms with Crippen LogP contribution in [0, 0.1) is 5.82 Å². The fourth-order valence-electron chi connectivity index (χ4n) is 1.85. The lowest BCUT2D eigenvalue weighted by Gasteiger charge is -2.17. The highest BCUT2D eigenvalue weighted by molar-refractivity contribution is 6.31. The summed E-state index contributed by atoms with van der Waals surface area (Å²) in [6.45, 7) is 3.79. The van der Waals surface area contributed by atoms with Gasteiger partial charge in [-0.1, -0.05) is 24.6 Å². The van der Waals surface area contributed by atoms with Crippen molar-refractivity contribution in [3.05, 3.63) is 34.6 Å². The van der Waals surface area contributed by atoms with E-state index in [2.05, 4.69) is 12.2 Å². The molecule has 0 amide bonds. The highest BCUT2D eigenvalue weighted by atomic mass is 35.5. The number of benzene rings is 1. The van der Waals surface area contributed by atoms with Gasteiger partial charge in [0.2, 0.25) is 0 Å². The minimum absolute atomic E-state index is 0.290. The maximum Gasteiger partial charge on any atom is 0.124 e. The van der Waals surface area contributed by atoms with Crippen LogP contribution in [-0.2, 0) is 11.2 Å². The number of ether oxygens (including phenoxy) is 1. The molecule has 1 aromatic rings. The number of hydrogen-bond donors (Lipinski definition) is 1. The van der Waals surface area contributed by atoms with Crippen molar-refractivity contribution in [3.63, 3.8) is 0 Å². The van der Waals surface area contributed by atoms with Crippen LogP contribution < -0.4 is 5.32 Å². The molecule has 1 N–H and O–H groups in total. The van der Waals surface area contributed by atoms with E-state index in [4.69, 9.17) is 16.3 Å². The molecule has 0 aliphatic carbocycles. The van der Waals surface area contributed by atoms with Gasteiger partial charge in [-0.05, 0) is 43.5 Å². The summed E-state index contributed by atoms with van der Waals surface area (Å²) in [5.41, 5.74) is 0.984. The maximum atomic E-state index is 12.9. The van der Waals surface area contributed by atoms with Crippen molar-refractivity contribution in [2.75, 3.05) is 20.3 Å². The van der Waals surface area contributed by atoms with Crippen LogP contribution in [0.15, 0.2) is 18.2 Å². The van der Waals surface area contributed by atoms with Crippen LogP contribution in [-0.4, -0.2) is 26.3 Å². The molecule has 0 saturated carbocycles. The van der Waals surface area contributed by atoms with Crippen molar-refractivity contribution in [2.24, 2.45) is 0 Å². The van der Waals surface area contributed by atoms with Crippen LogP contribution in [0.4, 0.5) is 4.39 Å². The van der Waals surface area contributed by atoms with Crippen LogP contribution in [0.2, 0.25) is 5.02 Å². The van der Waals surface area contributed by atoms with Gasteiger partial charge in [-0.25, -0.2) is 4.39 Å². The van der Waals surface area contributed by atoms with Crippen LogP contribution in [0.25, 0.3) is 0 Å². The van der Waals surface area contributed by atoms with Crippen molar-refractivity contribution in [1.82, 2.24) is 5.32 Å². The van der Waals surface area contributed by atoms with Crippen molar-refractivity contribution in [2.45, 2.75) is 32.2 Å². The fraction of sp³-hybridized carbons (Fsp3) is 0.571. The molecule has 0 heterocycles. The normalized spacial score (nSPS) is 12.7. The molecule has 1 aromatic carbocycles. The van der Waals surface area contributed by atoms with Crippen molar-refractivity contribution in [1.29, 1.82) is 0 Å². The lowest BCUT2D eigenvalue weighted by molar-refractivity contribution is 0.162. The first-order valence-electron chi connectivity index (χ1n) is 6.33. The highest BCUT2D eigenvalue weighted by Crippen LogP contribution is 2.19. The van der Waals surface area contributed by atoms with Gasteiger partial charge in [0.25, 0.3) is 0 Å². The summed E-state index contributed by atoms with van der Waals surface area (Å²) in [6, 6.07) is 4.88. The van der Waals surface area contributed by atoms with E-state index in [9.17, 15) is 4.39 Å². The molecule has 18 heavy (non-hydrogen) atoms. The van der Waals surface area contributed by atoms with E-state index < -0.39 is 0 Å². The minimum Gasteiger partial charge on any atom is -0.383 e. The van der Waals surface area contributed by atoms with Crippen molar-refractivity contribution < 1.29 is 9.13 Å². The monoisotopic (exact) mass is 273 g/mol. The summed E-state index contributed by atoms with van der Waals surface area (Å²) in [6.07, 6.45) is 2.85. The first-order chi connectivity index (χ1) is 8.67. The molecule has 0 saturated heterocycles. The molecular formula is C14H21ClFNO. The number of rotatable bonds is 8. The SMILES string of the molecule is CCCNC(CCc1ccc(F)cc1Cl)COC. The Morgan fingerprint density at radius 3 is 2.83 bits per heavy atom. The summed E-state index contributed by atoms with van der Waals surface area (Å²) in [4.78, 5) is 0. The molecule has 0 fully saturated rings. The van der Waals surface area contributed by atoms with Gasteiger partial charge < -0.3 is 10.1 Å². The average Bonchev–Trinajstić information content (AvgIpc) is 2.34. The molecule has 1 atom stereocenters. The summed E-state index contributed by atoms with van der Waals surface area (Å²) in [5.74, 6) is -0.290. The van der Waals surface area contributed by atoms with Crippen LogP contribution in [0.5, 0.6) is 0 Å². The number of aryl methyl sites for hydroxylation is 1. The smallest absolute Gasteiger partial charge is 0.124 e. The zero-order chi connectivity index (χ0) is 13.4. The minimum atomic E-state index is -0.290. The topological polar surface area (TPSA) is 21.3 Å². The number of nitrogens with one attached hydrogen (secondary N) is 1. The Hall–Kier alpha value is -0.640. The van der Waals surface area contributed by atoms with E-state index in [1.807, 2.05) is 0 Å². The second-order valence-corrected chi connectivity index (χ2v) is 4.79. The molecule has 2 nitrogen and oxygen atoms in total. The van der Waals surface area contributed by atoms with E-state index >= 15 is 0 Å². The Kier molecular flexibility index (Phi) is 7.25. The van der Waals surface area contributed by atoms with Gasteiger partial charge in [-0.3, -0.25) is 0 Å². The zero-order valence-corrected chi connectivity index (χ0v) is 11.8. The second kappa shape index (κ2) is 8.46. The maximum absolute atomic E-state index is 12.9. The molecule has 0 spiro atoms. The van der Waals surface area contributed by atoms with Crippen molar-refractivity contribution in [3.8, 4) is 0 Å². The van der Waals surface area contributed by atoms with E-state index in [-0.39, 0.29) is 5.82 Å². The Balaban J connectivity index is 2.49. The van der Waals surface area contributed by atoms with Crippen LogP contribution in [0.1, 0.15) is 25.3 Å². The number of hydrogen-bond acceptors (Lipinski definition) is 2. The summed E-state index contributed by atoms with van der Waals surface area (Å²) < 4.78 is 18.1. The summed E-state index contributed by atoms with van der Waals surface area (Å²) in [7, 11) is 1.70. The van der Waals surface area contributed by atoms with Gasteiger partial charge in [-0.15, -0.1) is 0 Å². The Morgan fingerprint density at radius 2 is 2.22 bits per heavy atom. The first kappa shape index (κ1) is 15.4. The third kappa shape index (κ3) is 5.34. The molecule has 102 valence electrons. The van der Waals surface area contributed by atoms with E-state index in [0.29, 0.717) is 17.7 Å². The quantitative estimate of drug-likeness (QED) is 0.784. The standard InChI is InChI=1S/C14H21ClFNO/c1-3-8-17-13(10-18-2)7-5-11-4-6-12(16)9-14(11)15/h4,6,9,13,17H,3,5,7-8,10H2,1-2H3. The molecule has 0 aliphatic heterocycles. The van der Waals surface area contributed by atoms with E-state index in [1.165, 1.54) is 12.1 Å². The average molecular weight is 274 g/mol. The fourth-order valence-corrected chi connectivity index (χ4v) is 2.11. The molecule has 0 bridgehead atoms. The number of methoxy groups -OCH3 is 1. The zero-order valence-electron chi connectivity index (χ0n) is 11.0. The third-order valence-electron chi connectivity index (χ3n) is 2.83. The molecule has 4 heteroatoms. The predicted octanol–water partition coefficient (Wildman–Crippen LogP) is 3.43. The first-order valence-corrected chi connectivity index (χ1v) is 6.71. The van der Waals surface area contributed by atoms with Gasteiger partial charge in [0.15, 0.2) is 0 Å². The molecule has 0 aliphatic rings. The Labute approximate surface area is 113 Å². The third-order valence-corrected chi connectivity index (χ3v) is 3.18. The van der Waals surface area contributed by atoms with Gasteiger partial charge in [0.05, 0.1) is 6.61 Å². The molecule has 1 rings (SSSR count). The predicted molar refractivity (Wildman–Crippen MR) is 73.7 cm³/mol. The van der Waals surface area contributed by atoms with Gasteiger partial charge in [0.1, 0.15) is 5.82 Å². The van der Waals surface area contributed by atoms with Crippen LogP contribution >= 0.6 is 11.6 Å². The molecule has 1 unspecified atom stereocenters. The molecule has 0 aromatic heterocycles. The Morgan fingerprint density at radius 1 is 1.44 bits per heavy atom. The van der Waals surface area contributed by atoms with Gasteiger partial charge in [-0.2, -0.15) is 0 Å². The summed E-state index contributed by atoms with van der Waals surface area (Å²) >= 11 is 6.00. The molecular weight excluding hydrogens is 253 g/mol. The van der Waals surface area contributed by atoms with Gasteiger partial charge in [0, 0.05) is 18.2 Å². The van der Waals surface area contributed by atoms with E-state index in [0.717, 1.165) is 31.4 Å². The molecule has 0 radical (unpaired) electrons. The Bertz CT molecular complexity index is 360. The largest absolute Gasteiger partial charge is 0.383 e. The summed E-state index contributed by atoms with van der Waals surface area (Å²) in [5, 5.41) is 3.93. The lowest BCUT2D eigenvalue weighted by Crippen LogP contribution is -2.34. The van der Waals surface area contributed by atoms with Crippen molar-refractivity contribution >= 4 is 11.6 Å². The van der Waals surface area contributed by atoms with E-state index in [1.54, 1.807) is 13.2 Å². The lowest BCUT2D eigenvalue weighted by atomic mass is 10.1. The second-order valence-electron chi connectivity index (χ2n) is 4.38. The highest BCUT2D eigenvalue weighted by Gasteiger charge is 2.09. The number of halogens is 2. The van der Waals surface area contributed by atoms with Gasteiger partial charge >= 0.3 is 0 Å².